The lowest BCUT2D eigenvalue weighted by Gasteiger charge is -2.26. The van der Waals surface area contributed by atoms with Crippen molar-refractivity contribution in [1.29, 1.82) is 0 Å². The zero-order chi connectivity index (χ0) is 10.4. The SMILES string of the molecule is CCCN1CCCC(O)(CCC)CC1. The summed E-state index contributed by atoms with van der Waals surface area (Å²) in [5, 5.41) is 10.3. The Kier molecular flexibility index (Phi) is 4.90. The zero-order valence-corrected chi connectivity index (χ0v) is 9.76. The minimum atomic E-state index is -0.350. The normalized spacial score (nSPS) is 30.2. The molecule has 1 aliphatic heterocycles. The van der Waals surface area contributed by atoms with Gasteiger partial charge in [0.2, 0.25) is 0 Å². The van der Waals surface area contributed by atoms with E-state index in [1.54, 1.807) is 0 Å². The van der Waals surface area contributed by atoms with Crippen LogP contribution in [-0.4, -0.2) is 35.2 Å². The van der Waals surface area contributed by atoms with Gasteiger partial charge in [-0.3, -0.25) is 0 Å². The van der Waals surface area contributed by atoms with E-state index in [0.29, 0.717) is 0 Å². The molecule has 2 nitrogen and oxygen atoms in total. The zero-order valence-electron chi connectivity index (χ0n) is 9.76. The van der Waals surface area contributed by atoms with Crippen LogP contribution in [0.2, 0.25) is 0 Å². The molecule has 0 aromatic carbocycles. The molecule has 1 heterocycles. The van der Waals surface area contributed by atoms with Crippen molar-refractivity contribution in [1.82, 2.24) is 4.90 Å². The van der Waals surface area contributed by atoms with Gasteiger partial charge in [-0.1, -0.05) is 20.3 Å². The molecular formula is C12H25NO. The molecule has 14 heavy (non-hydrogen) atoms. The molecule has 0 spiro atoms. The molecule has 0 aliphatic carbocycles. The number of aliphatic hydroxyl groups is 1. The third-order valence-electron chi connectivity index (χ3n) is 3.27. The first-order valence-corrected chi connectivity index (χ1v) is 6.15. The summed E-state index contributed by atoms with van der Waals surface area (Å²) in [6.45, 7) is 7.85. The molecule has 84 valence electrons. The molecule has 1 N–H and O–H groups in total. The summed E-state index contributed by atoms with van der Waals surface area (Å²) in [5.41, 5.74) is -0.350. The Balaban J connectivity index is 2.39. The lowest BCUT2D eigenvalue weighted by atomic mass is 9.90. The van der Waals surface area contributed by atoms with Gasteiger partial charge in [0.05, 0.1) is 5.60 Å². The Labute approximate surface area is 88.3 Å². The summed E-state index contributed by atoms with van der Waals surface area (Å²) in [6.07, 6.45) is 6.45. The third-order valence-corrected chi connectivity index (χ3v) is 3.27. The Hall–Kier alpha value is -0.0800. The highest BCUT2D eigenvalue weighted by molar-refractivity contribution is 4.82. The fraction of sp³-hybridized carbons (Fsp3) is 1.00. The quantitative estimate of drug-likeness (QED) is 0.751. The van der Waals surface area contributed by atoms with Crippen molar-refractivity contribution in [2.75, 3.05) is 19.6 Å². The molecule has 0 saturated carbocycles. The average molecular weight is 199 g/mol. The van der Waals surface area contributed by atoms with Crippen LogP contribution in [0.15, 0.2) is 0 Å². The highest BCUT2D eigenvalue weighted by atomic mass is 16.3. The van der Waals surface area contributed by atoms with Crippen LogP contribution < -0.4 is 0 Å². The Bertz CT molecular complexity index is 160. The second-order valence-electron chi connectivity index (χ2n) is 4.67. The summed E-state index contributed by atoms with van der Waals surface area (Å²) in [5.74, 6) is 0. The molecule has 1 atom stereocenters. The summed E-state index contributed by atoms with van der Waals surface area (Å²) in [6, 6.07) is 0. The number of likely N-dealkylation sites (tertiary alicyclic amines) is 1. The van der Waals surface area contributed by atoms with Crippen molar-refractivity contribution in [3.05, 3.63) is 0 Å². The van der Waals surface area contributed by atoms with Gasteiger partial charge < -0.3 is 10.0 Å². The van der Waals surface area contributed by atoms with E-state index >= 15 is 0 Å². The standard InChI is InChI=1S/C12H25NO/c1-3-6-12(14)7-5-10-13(9-4-2)11-8-12/h14H,3-11H2,1-2H3. The number of hydrogen-bond acceptors (Lipinski definition) is 2. The lowest BCUT2D eigenvalue weighted by Crippen LogP contribution is -2.31. The van der Waals surface area contributed by atoms with E-state index in [2.05, 4.69) is 18.7 Å². The second-order valence-corrected chi connectivity index (χ2v) is 4.67. The van der Waals surface area contributed by atoms with Gasteiger partial charge in [0, 0.05) is 6.54 Å². The molecule has 2 heteroatoms. The summed E-state index contributed by atoms with van der Waals surface area (Å²) < 4.78 is 0. The van der Waals surface area contributed by atoms with Gasteiger partial charge in [0.1, 0.15) is 0 Å². The van der Waals surface area contributed by atoms with Crippen LogP contribution in [-0.2, 0) is 0 Å². The van der Waals surface area contributed by atoms with Crippen LogP contribution in [0, 0.1) is 0 Å². The van der Waals surface area contributed by atoms with E-state index in [4.69, 9.17) is 0 Å². The first-order valence-electron chi connectivity index (χ1n) is 6.15. The molecule has 0 bridgehead atoms. The largest absolute Gasteiger partial charge is 0.390 e. The van der Waals surface area contributed by atoms with E-state index in [9.17, 15) is 5.11 Å². The molecule has 0 aromatic heterocycles. The van der Waals surface area contributed by atoms with Gasteiger partial charge in [-0.2, -0.15) is 0 Å². The minimum absolute atomic E-state index is 0.350. The van der Waals surface area contributed by atoms with E-state index < -0.39 is 0 Å². The van der Waals surface area contributed by atoms with Gasteiger partial charge in [-0.15, -0.1) is 0 Å². The van der Waals surface area contributed by atoms with Crippen molar-refractivity contribution in [3.8, 4) is 0 Å². The van der Waals surface area contributed by atoms with Gasteiger partial charge in [0.25, 0.3) is 0 Å². The smallest absolute Gasteiger partial charge is 0.0660 e. The maximum atomic E-state index is 10.3. The van der Waals surface area contributed by atoms with Crippen LogP contribution in [0.1, 0.15) is 52.4 Å². The lowest BCUT2D eigenvalue weighted by molar-refractivity contribution is 0.0163. The molecular weight excluding hydrogens is 174 g/mol. The molecule has 1 rings (SSSR count). The maximum Gasteiger partial charge on any atom is 0.0660 e. The van der Waals surface area contributed by atoms with E-state index in [0.717, 1.165) is 38.6 Å². The molecule has 0 radical (unpaired) electrons. The maximum absolute atomic E-state index is 10.3. The van der Waals surface area contributed by atoms with Crippen LogP contribution in [0.5, 0.6) is 0 Å². The average Bonchev–Trinajstić information content (AvgIpc) is 2.30. The van der Waals surface area contributed by atoms with Crippen molar-refractivity contribution in [2.24, 2.45) is 0 Å². The van der Waals surface area contributed by atoms with Crippen LogP contribution in [0.3, 0.4) is 0 Å². The summed E-state index contributed by atoms with van der Waals surface area (Å²) in [4.78, 5) is 2.49. The predicted molar refractivity (Wildman–Crippen MR) is 60.4 cm³/mol. The third kappa shape index (κ3) is 3.58. The van der Waals surface area contributed by atoms with Gasteiger partial charge in [-0.05, 0) is 45.2 Å². The summed E-state index contributed by atoms with van der Waals surface area (Å²) in [7, 11) is 0. The van der Waals surface area contributed by atoms with Crippen LogP contribution in [0.25, 0.3) is 0 Å². The summed E-state index contributed by atoms with van der Waals surface area (Å²) >= 11 is 0. The molecule has 0 aromatic rings. The predicted octanol–water partition coefficient (Wildman–Crippen LogP) is 2.41. The minimum Gasteiger partial charge on any atom is -0.390 e. The van der Waals surface area contributed by atoms with E-state index in [1.165, 1.54) is 19.5 Å². The topological polar surface area (TPSA) is 23.5 Å². The second kappa shape index (κ2) is 5.72. The van der Waals surface area contributed by atoms with Crippen LogP contribution in [0.4, 0.5) is 0 Å². The van der Waals surface area contributed by atoms with Gasteiger partial charge in [-0.25, -0.2) is 0 Å². The van der Waals surface area contributed by atoms with E-state index in [-0.39, 0.29) is 5.60 Å². The number of hydrogen-bond donors (Lipinski definition) is 1. The number of rotatable bonds is 4. The van der Waals surface area contributed by atoms with Crippen molar-refractivity contribution in [3.63, 3.8) is 0 Å². The first-order chi connectivity index (χ1) is 6.70. The first kappa shape index (κ1) is 12.0. The number of nitrogens with zero attached hydrogens (tertiary/aromatic N) is 1. The highest BCUT2D eigenvalue weighted by Crippen LogP contribution is 2.26. The van der Waals surface area contributed by atoms with Crippen molar-refractivity contribution >= 4 is 0 Å². The van der Waals surface area contributed by atoms with Crippen molar-refractivity contribution < 1.29 is 5.11 Å². The Morgan fingerprint density at radius 2 is 1.93 bits per heavy atom. The molecule has 1 aliphatic rings. The van der Waals surface area contributed by atoms with Gasteiger partial charge >= 0.3 is 0 Å². The monoisotopic (exact) mass is 199 g/mol. The Morgan fingerprint density at radius 1 is 1.14 bits per heavy atom. The van der Waals surface area contributed by atoms with Crippen LogP contribution >= 0.6 is 0 Å². The van der Waals surface area contributed by atoms with Gasteiger partial charge in [0.15, 0.2) is 0 Å². The molecule has 1 saturated heterocycles. The van der Waals surface area contributed by atoms with Crippen molar-refractivity contribution in [2.45, 2.75) is 58.0 Å². The molecule has 0 amide bonds. The molecule has 1 fully saturated rings. The fourth-order valence-electron chi connectivity index (χ4n) is 2.49. The molecule has 1 unspecified atom stereocenters. The van der Waals surface area contributed by atoms with E-state index in [1.807, 2.05) is 0 Å². The Morgan fingerprint density at radius 3 is 2.57 bits per heavy atom. The highest BCUT2D eigenvalue weighted by Gasteiger charge is 2.28. The fourth-order valence-corrected chi connectivity index (χ4v) is 2.49.